The van der Waals surface area contributed by atoms with Gasteiger partial charge in [0.15, 0.2) is 6.23 Å². The highest BCUT2D eigenvalue weighted by Crippen LogP contribution is 2.33. The molecule has 0 saturated heterocycles. The quantitative estimate of drug-likeness (QED) is 0.580. The van der Waals surface area contributed by atoms with Gasteiger partial charge < -0.3 is 14.9 Å². The maximum absolute atomic E-state index is 11.7. The van der Waals surface area contributed by atoms with Gasteiger partial charge in [0.05, 0.1) is 11.5 Å². The van der Waals surface area contributed by atoms with Crippen LogP contribution in [0.25, 0.3) is 0 Å². The normalized spacial score (nSPS) is 19.5. The van der Waals surface area contributed by atoms with Crippen molar-refractivity contribution in [2.24, 2.45) is 0 Å². The van der Waals surface area contributed by atoms with Crippen molar-refractivity contribution in [3.8, 4) is 0 Å². The zero-order valence-corrected chi connectivity index (χ0v) is 10.0. The molecule has 2 rings (SSSR count). The molecule has 96 valence electrons. The fourth-order valence-electron chi connectivity index (χ4n) is 1.95. The van der Waals surface area contributed by atoms with Crippen molar-refractivity contribution < 1.29 is 14.8 Å². The summed E-state index contributed by atoms with van der Waals surface area (Å²) in [6.45, 7) is 0.123. The van der Waals surface area contributed by atoms with E-state index in [4.69, 9.17) is 0 Å². The number of nitro groups is 1. The van der Waals surface area contributed by atoms with Crippen LogP contribution in [0.2, 0.25) is 0 Å². The lowest BCUT2D eigenvalue weighted by Crippen LogP contribution is -2.35. The zero-order valence-electron chi connectivity index (χ0n) is 10.0. The first-order valence-corrected chi connectivity index (χ1v) is 5.35. The predicted molar refractivity (Wildman–Crippen MR) is 64.1 cm³/mol. The first-order valence-electron chi connectivity index (χ1n) is 5.35. The van der Waals surface area contributed by atoms with E-state index in [1.165, 1.54) is 24.1 Å². The number of nitrogens with zero attached hydrogens (tertiary/aromatic N) is 3. The Hall–Kier alpha value is -2.15. The Morgan fingerprint density at radius 2 is 2.11 bits per heavy atom. The summed E-state index contributed by atoms with van der Waals surface area (Å²) in [5, 5.41) is 20.8. The van der Waals surface area contributed by atoms with E-state index < -0.39 is 11.2 Å². The maximum Gasteiger partial charge on any atom is 0.270 e. The molecule has 1 aliphatic rings. The Bertz CT molecular complexity index is 517. The van der Waals surface area contributed by atoms with Crippen LogP contribution in [-0.4, -0.2) is 41.5 Å². The Kier molecular flexibility index (Phi) is 2.92. The third kappa shape index (κ3) is 1.88. The van der Waals surface area contributed by atoms with E-state index in [0.717, 1.165) is 0 Å². The molecule has 0 saturated carbocycles. The molecule has 0 spiro atoms. The molecule has 0 fully saturated rings. The van der Waals surface area contributed by atoms with Crippen LogP contribution in [-0.2, 0) is 4.79 Å². The molecule has 0 aromatic heterocycles. The second-order valence-corrected chi connectivity index (χ2v) is 4.23. The summed E-state index contributed by atoms with van der Waals surface area (Å²) in [5.41, 5.74) is 0.870. The zero-order chi connectivity index (χ0) is 13.4. The lowest BCUT2D eigenvalue weighted by Gasteiger charge is -2.21. The third-order valence-corrected chi connectivity index (χ3v) is 3.04. The molecule has 1 amide bonds. The van der Waals surface area contributed by atoms with Crippen molar-refractivity contribution >= 4 is 17.3 Å². The number of hydrogen-bond acceptors (Lipinski definition) is 5. The van der Waals surface area contributed by atoms with Crippen molar-refractivity contribution in [3.05, 3.63) is 33.9 Å². The van der Waals surface area contributed by atoms with Crippen molar-refractivity contribution in [1.82, 2.24) is 4.90 Å². The predicted octanol–water partition coefficient (Wildman–Crippen LogP) is 0.494. The summed E-state index contributed by atoms with van der Waals surface area (Å²) in [6, 6.07) is 4.20. The number of carbonyl (C=O) groups excluding carboxylic acids is 1. The van der Waals surface area contributed by atoms with Crippen LogP contribution in [0.15, 0.2) is 18.2 Å². The number of anilines is 1. The first-order chi connectivity index (χ1) is 8.41. The number of amides is 1. The van der Waals surface area contributed by atoms with Gasteiger partial charge in [-0.15, -0.1) is 0 Å². The summed E-state index contributed by atoms with van der Waals surface area (Å²) in [7, 11) is 3.17. The van der Waals surface area contributed by atoms with E-state index in [-0.39, 0.29) is 18.1 Å². The summed E-state index contributed by atoms with van der Waals surface area (Å²) < 4.78 is 0. The number of aliphatic hydroxyl groups is 1. The van der Waals surface area contributed by atoms with Crippen LogP contribution < -0.4 is 4.90 Å². The Balaban J connectivity index is 2.56. The molecular formula is C11H13N3O4. The topological polar surface area (TPSA) is 86.9 Å². The number of nitro benzene ring substituents is 1. The lowest BCUT2D eigenvalue weighted by atomic mass is 10.1. The standard InChI is InChI=1S/C11H13N3O4/c1-12-6-10(15)13(2)11(16)8-5-7(14(17)18)3-4-9(8)12/h3-5,11,16H,6H2,1-2H3. The van der Waals surface area contributed by atoms with Gasteiger partial charge in [-0.2, -0.15) is 0 Å². The highest BCUT2D eigenvalue weighted by molar-refractivity contribution is 5.83. The Morgan fingerprint density at radius 3 is 2.72 bits per heavy atom. The third-order valence-electron chi connectivity index (χ3n) is 3.04. The monoisotopic (exact) mass is 251 g/mol. The second-order valence-electron chi connectivity index (χ2n) is 4.23. The molecule has 1 N–H and O–H groups in total. The van der Waals surface area contributed by atoms with Crippen molar-refractivity contribution in [3.63, 3.8) is 0 Å². The molecule has 1 unspecified atom stereocenters. The molecule has 0 aliphatic carbocycles. The average molecular weight is 251 g/mol. The van der Waals surface area contributed by atoms with Gasteiger partial charge in [-0.05, 0) is 6.07 Å². The van der Waals surface area contributed by atoms with Crippen LogP contribution in [0.3, 0.4) is 0 Å². The highest BCUT2D eigenvalue weighted by atomic mass is 16.6. The first kappa shape index (κ1) is 12.3. The minimum Gasteiger partial charge on any atom is -0.369 e. The number of aliphatic hydroxyl groups excluding tert-OH is 1. The van der Waals surface area contributed by atoms with E-state index in [9.17, 15) is 20.0 Å². The molecule has 1 aromatic carbocycles. The van der Waals surface area contributed by atoms with E-state index >= 15 is 0 Å². The van der Waals surface area contributed by atoms with E-state index in [1.807, 2.05) is 0 Å². The SMILES string of the molecule is CN1CC(=O)N(C)C(O)c2cc([N+](=O)[O-])ccc21. The fraction of sp³-hybridized carbons (Fsp3) is 0.364. The molecule has 1 atom stereocenters. The van der Waals surface area contributed by atoms with Gasteiger partial charge in [-0.3, -0.25) is 14.9 Å². The average Bonchev–Trinajstić information content (AvgIpc) is 2.42. The van der Waals surface area contributed by atoms with Crippen LogP contribution in [0.4, 0.5) is 11.4 Å². The van der Waals surface area contributed by atoms with E-state index in [0.29, 0.717) is 11.3 Å². The number of likely N-dealkylation sites (N-methyl/N-ethyl adjacent to an activating group) is 2. The maximum atomic E-state index is 11.7. The second kappa shape index (κ2) is 4.26. The smallest absolute Gasteiger partial charge is 0.270 e. The molecule has 1 heterocycles. The van der Waals surface area contributed by atoms with E-state index in [2.05, 4.69) is 0 Å². The van der Waals surface area contributed by atoms with Gasteiger partial charge in [0, 0.05) is 37.5 Å². The Morgan fingerprint density at radius 1 is 1.44 bits per heavy atom. The Labute approximate surface area is 103 Å². The summed E-state index contributed by atoms with van der Waals surface area (Å²) >= 11 is 0. The van der Waals surface area contributed by atoms with Crippen molar-refractivity contribution in [2.75, 3.05) is 25.5 Å². The number of fused-ring (bicyclic) bond motifs is 1. The summed E-state index contributed by atoms with van der Waals surface area (Å²) in [4.78, 5) is 24.8. The minimum absolute atomic E-state index is 0.107. The number of rotatable bonds is 1. The number of hydrogen-bond donors (Lipinski definition) is 1. The molecule has 18 heavy (non-hydrogen) atoms. The minimum atomic E-state index is -1.17. The lowest BCUT2D eigenvalue weighted by molar-refractivity contribution is -0.385. The van der Waals surface area contributed by atoms with Crippen LogP contribution in [0.5, 0.6) is 0 Å². The molecule has 1 aliphatic heterocycles. The number of non-ortho nitro benzene ring substituents is 1. The van der Waals surface area contributed by atoms with Gasteiger partial charge in [0.25, 0.3) is 5.69 Å². The van der Waals surface area contributed by atoms with E-state index in [1.54, 1.807) is 18.0 Å². The summed E-state index contributed by atoms with van der Waals surface area (Å²) in [5.74, 6) is -0.246. The molecule has 7 heteroatoms. The molecule has 7 nitrogen and oxygen atoms in total. The van der Waals surface area contributed by atoms with Crippen LogP contribution in [0, 0.1) is 10.1 Å². The number of carbonyl (C=O) groups is 1. The van der Waals surface area contributed by atoms with Gasteiger partial charge >= 0.3 is 0 Å². The van der Waals surface area contributed by atoms with Crippen LogP contribution in [0.1, 0.15) is 11.8 Å². The van der Waals surface area contributed by atoms with Crippen molar-refractivity contribution in [2.45, 2.75) is 6.23 Å². The van der Waals surface area contributed by atoms with Gasteiger partial charge in [-0.25, -0.2) is 0 Å². The van der Waals surface area contributed by atoms with Crippen LogP contribution >= 0.6 is 0 Å². The molecule has 0 radical (unpaired) electrons. The van der Waals surface area contributed by atoms with Crippen molar-refractivity contribution in [1.29, 1.82) is 0 Å². The molecule has 1 aromatic rings. The molecular weight excluding hydrogens is 238 g/mol. The fourth-order valence-corrected chi connectivity index (χ4v) is 1.95. The molecule has 0 bridgehead atoms. The largest absolute Gasteiger partial charge is 0.369 e. The van der Waals surface area contributed by atoms with Gasteiger partial charge in [0.2, 0.25) is 5.91 Å². The van der Waals surface area contributed by atoms with Gasteiger partial charge in [-0.1, -0.05) is 0 Å². The van der Waals surface area contributed by atoms with Gasteiger partial charge in [0.1, 0.15) is 0 Å². The highest BCUT2D eigenvalue weighted by Gasteiger charge is 2.29. The number of benzene rings is 1. The summed E-state index contributed by atoms with van der Waals surface area (Å²) in [6.07, 6.45) is -1.17.